The molecule has 0 aromatic heterocycles. The summed E-state index contributed by atoms with van der Waals surface area (Å²) >= 11 is 0. The van der Waals surface area contributed by atoms with Crippen LogP contribution in [0.2, 0.25) is 0 Å². The van der Waals surface area contributed by atoms with Gasteiger partial charge in [-0.15, -0.1) is 0 Å². The lowest BCUT2D eigenvalue weighted by molar-refractivity contribution is -0.162. The molecule has 4 saturated carbocycles. The van der Waals surface area contributed by atoms with Crippen LogP contribution in [-0.2, 0) is 0 Å². The molecule has 0 saturated heterocycles. The summed E-state index contributed by atoms with van der Waals surface area (Å²) < 4.78 is 0. The molecule has 5 rings (SSSR count). The van der Waals surface area contributed by atoms with Crippen molar-refractivity contribution < 1.29 is 5.11 Å². The molecular formula is C30H50O. The van der Waals surface area contributed by atoms with Crippen molar-refractivity contribution in [2.45, 2.75) is 119 Å². The molecule has 0 amide bonds. The Balaban J connectivity index is 1.57. The predicted octanol–water partition coefficient (Wildman–Crippen LogP) is 8.02. The van der Waals surface area contributed by atoms with Crippen LogP contribution in [0.5, 0.6) is 0 Å². The zero-order valence-electron chi connectivity index (χ0n) is 21.9. The summed E-state index contributed by atoms with van der Waals surface area (Å²) in [5.74, 6) is 3.42. The Kier molecular flexibility index (Phi) is 4.82. The van der Waals surface area contributed by atoms with E-state index in [0.717, 1.165) is 18.3 Å². The van der Waals surface area contributed by atoms with Gasteiger partial charge in [-0.05, 0) is 108 Å². The van der Waals surface area contributed by atoms with Gasteiger partial charge in [0, 0.05) is 0 Å². The van der Waals surface area contributed by atoms with Gasteiger partial charge in [-0.2, -0.15) is 0 Å². The molecule has 5 aliphatic carbocycles. The Morgan fingerprint density at radius 2 is 1.61 bits per heavy atom. The van der Waals surface area contributed by atoms with Crippen molar-refractivity contribution in [3.8, 4) is 0 Å². The van der Waals surface area contributed by atoms with Gasteiger partial charge in [-0.25, -0.2) is 0 Å². The predicted molar refractivity (Wildman–Crippen MR) is 131 cm³/mol. The van der Waals surface area contributed by atoms with E-state index in [9.17, 15) is 5.11 Å². The van der Waals surface area contributed by atoms with Crippen LogP contribution < -0.4 is 0 Å². The fourth-order valence-corrected chi connectivity index (χ4v) is 11.4. The van der Waals surface area contributed by atoms with Gasteiger partial charge in [0.15, 0.2) is 0 Å². The smallest absolute Gasteiger partial charge is 0.0582 e. The number of rotatable bonds is 1. The maximum absolute atomic E-state index is 11.5. The molecular weight excluding hydrogens is 376 g/mol. The molecule has 1 nitrogen and oxygen atoms in total. The second-order valence-electron chi connectivity index (χ2n) is 14.8. The topological polar surface area (TPSA) is 20.2 Å². The second-order valence-corrected chi connectivity index (χ2v) is 14.8. The quantitative estimate of drug-likeness (QED) is 0.421. The van der Waals surface area contributed by atoms with E-state index in [0.29, 0.717) is 34.0 Å². The summed E-state index contributed by atoms with van der Waals surface area (Å²) in [6.45, 7) is 20.4. The fourth-order valence-electron chi connectivity index (χ4n) is 11.4. The third-order valence-electron chi connectivity index (χ3n) is 13.0. The Bertz CT molecular complexity index is 777. The molecule has 5 aliphatic rings. The first-order valence-corrected chi connectivity index (χ1v) is 13.7. The summed E-state index contributed by atoms with van der Waals surface area (Å²) in [5.41, 5.74) is 3.60. The molecule has 0 aliphatic heterocycles. The van der Waals surface area contributed by atoms with Crippen LogP contribution in [0.1, 0.15) is 113 Å². The third-order valence-corrected chi connectivity index (χ3v) is 13.0. The van der Waals surface area contributed by atoms with Crippen LogP contribution >= 0.6 is 0 Å². The normalized spacial score (nSPS) is 55.7. The van der Waals surface area contributed by atoms with Gasteiger partial charge < -0.3 is 5.11 Å². The number of allylic oxidation sites excluding steroid dienone is 2. The van der Waals surface area contributed by atoms with Crippen molar-refractivity contribution in [3.05, 3.63) is 11.6 Å². The molecule has 1 heteroatoms. The van der Waals surface area contributed by atoms with E-state index in [1.54, 1.807) is 0 Å². The minimum Gasteiger partial charge on any atom is -0.393 e. The van der Waals surface area contributed by atoms with Gasteiger partial charge in [-0.1, -0.05) is 73.5 Å². The average molecular weight is 427 g/mol. The molecule has 0 bridgehead atoms. The van der Waals surface area contributed by atoms with E-state index in [1.165, 1.54) is 51.4 Å². The number of hydrogen-bond donors (Lipinski definition) is 1. The van der Waals surface area contributed by atoms with Crippen LogP contribution in [-0.4, -0.2) is 11.2 Å². The molecule has 0 spiro atoms. The molecule has 0 radical (unpaired) electrons. The van der Waals surface area contributed by atoms with Gasteiger partial charge in [0.2, 0.25) is 0 Å². The van der Waals surface area contributed by atoms with Gasteiger partial charge in [0.1, 0.15) is 0 Å². The fraction of sp³-hybridized carbons (Fsp3) is 0.933. The van der Waals surface area contributed by atoms with Crippen LogP contribution in [0.3, 0.4) is 0 Å². The largest absolute Gasteiger partial charge is 0.393 e. The van der Waals surface area contributed by atoms with E-state index >= 15 is 0 Å². The highest BCUT2D eigenvalue weighted by molar-refractivity contribution is 5.34. The van der Waals surface area contributed by atoms with Crippen molar-refractivity contribution in [2.75, 3.05) is 0 Å². The van der Waals surface area contributed by atoms with Gasteiger partial charge in [0.25, 0.3) is 0 Å². The maximum Gasteiger partial charge on any atom is 0.0582 e. The molecule has 176 valence electrons. The van der Waals surface area contributed by atoms with Crippen LogP contribution in [0.25, 0.3) is 0 Å². The molecule has 31 heavy (non-hydrogen) atoms. The Labute approximate surface area is 192 Å². The van der Waals surface area contributed by atoms with E-state index in [2.05, 4.69) is 61.5 Å². The molecule has 9 atom stereocenters. The first-order chi connectivity index (χ1) is 14.3. The molecule has 0 aromatic carbocycles. The van der Waals surface area contributed by atoms with Gasteiger partial charge in [-0.3, -0.25) is 0 Å². The molecule has 4 fully saturated rings. The third kappa shape index (κ3) is 2.65. The molecule has 1 N–H and O–H groups in total. The van der Waals surface area contributed by atoms with Crippen molar-refractivity contribution in [3.63, 3.8) is 0 Å². The first-order valence-electron chi connectivity index (χ1n) is 13.7. The van der Waals surface area contributed by atoms with Crippen molar-refractivity contribution in [1.29, 1.82) is 0 Å². The van der Waals surface area contributed by atoms with E-state index < -0.39 is 0 Å². The van der Waals surface area contributed by atoms with Gasteiger partial charge >= 0.3 is 0 Å². The summed E-state index contributed by atoms with van der Waals surface area (Å²) in [6.07, 6.45) is 14.5. The zero-order valence-corrected chi connectivity index (χ0v) is 21.9. The second kappa shape index (κ2) is 6.64. The van der Waals surface area contributed by atoms with Crippen LogP contribution in [0, 0.1) is 56.7 Å². The highest BCUT2D eigenvalue weighted by atomic mass is 16.3. The highest BCUT2D eigenvalue weighted by Crippen LogP contribution is 2.76. The highest BCUT2D eigenvalue weighted by Gasteiger charge is 2.70. The standard InChI is InChI=1S/C30H50O/c1-19(2)22-18-23(31)25-28(22,6)16-17-29(7)21-10-11-24-26(3,4)13-9-14-27(24,5)20(21)12-15-30(25,29)8/h10,19-20,22-25,31H,9,11-18H2,1-8H3/t20-,22+,23+,24-,25+,27+,28+,29+,30-/m0/s1. The monoisotopic (exact) mass is 426 g/mol. The van der Waals surface area contributed by atoms with Crippen LogP contribution in [0.15, 0.2) is 11.6 Å². The van der Waals surface area contributed by atoms with E-state index in [-0.39, 0.29) is 16.9 Å². The Hall–Kier alpha value is -0.300. The Morgan fingerprint density at radius 3 is 2.29 bits per heavy atom. The number of hydrogen-bond acceptors (Lipinski definition) is 1. The van der Waals surface area contributed by atoms with E-state index in [1.807, 2.05) is 5.57 Å². The van der Waals surface area contributed by atoms with Crippen molar-refractivity contribution in [1.82, 2.24) is 0 Å². The van der Waals surface area contributed by atoms with Gasteiger partial charge in [0.05, 0.1) is 6.10 Å². The lowest BCUT2D eigenvalue weighted by Gasteiger charge is -2.69. The molecule has 0 unspecified atom stereocenters. The van der Waals surface area contributed by atoms with E-state index in [4.69, 9.17) is 0 Å². The lowest BCUT2D eigenvalue weighted by atomic mass is 9.35. The van der Waals surface area contributed by atoms with Crippen molar-refractivity contribution in [2.24, 2.45) is 56.7 Å². The number of fused-ring (bicyclic) bond motifs is 7. The summed E-state index contributed by atoms with van der Waals surface area (Å²) in [7, 11) is 0. The number of aliphatic hydroxyl groups is 1. The summed E-state index contributed by atoms with van der Waals surface area (Å²) in [6, 6.07) is 0. The zero-order chi connectivity index (χ0) is 22.6. The lowest BCUT2D eigenvalue weighted by Crippen LogP contribution is -2.62. The summed E-state index contributed by atoms with van der Waals surface area (Å²) in [5, 5.41) is 11.5. The van der Waals surface area contributed by atoms with Crippen LogP contribution in [0.4, 0.5) is 0 Å². The molecule has 0 heterocycles. The van der Waals surface area contributed by atoms with Crippen molar-refractivity contribution >= 4 is 0 Å². The SMILES string of the molecule is CC(C)[C@H]1C[C@@H](O)[C@@H]2[C@]1(C)CC[C@]1(C)C3=CC[C@H]4C(C)(C)CCC[C@]4(C)[C@H]3CC[C@@]21C. The summed E-state index contributed by atoms with van der Waals surface area (Å²) in [4.78, 5) is 0. The minimum atomic E-state index is -0.111. The number of aliphatic hydroxyl groups excluding tert-OH is 1. The minimum absolute atomic E-state index is 0.111. The Morgan fingerprint density at radius 1 is 0.903 bits per heavy atom. The molecule has 0 aromatic rings. The first kappa shape index (κ1) is 22.5. The average Bonchev–Trinajstić information content (AvgIpc) is 2.94. The maximum atomic E-state index is 11.5.